The molecule has 0 fully saturated rings. The first kappa shape index (κ1) is 17.9. The molecule has 0 heterocycles. The molecular formula is C17H24N2O3. The van der Waals surface area contributed by atoms with Crippen LogP contribution in [0.25, 0.3) is 0 Å². The van der Waals surface area contributed by atoms with Gasteiger partial charge in [-0.3, -0.25) is 9.59 Å². The van der Waals surface area contributed by atoms with E-state index in [0.717, 1.165) is 11.1 Å². The van der Waals surface area contributed by atoms with E-state index in [1.165, 1.54) is 0 Å². The number of hydrogen-bond donors (Lipinski definition) is 3. The van der Waals surface area contributed by atoms with Crippen LogP contribution in [0, 0.1) is 0 Å². The lowest BCUT2D eigenvalue weighted by Gasteiger charge is -2.08. The van der Waals surface area contributed by atoms with Crippen molar-refractivity contribution < 1.29 is 14.7 Å². The fourth-order valence-corrected chi connectivity index (χ4v) is 1.77. The third-order valence-corrected chi connectivity index (χ3v) is 2.95. The van der Waals surface area contributed by atoms with Gasteiger partial charge in [-0.15, -0.1) is 0 Å². The Morgan fingerprint density at radius 1 is 1.18 bits per heavy atom. The summed E-state index contributed by atoms with van der Waals surface area (Å²) in [5, 5.41) is 14.7. The second-order valence-electron chi connectivity index (χ2n) is 5.53. The predicted molar refractivity (Wildman–Crippen MR) is 86.4 cm³/mol. The highest BCUT2D eigenvalue weighted by Crippen LogP contribution is 2.04. The molecule has 0 saturated heterocycles. The van der Waals surface area contributed by atoms with Crippen molar-refractivity contribution >= 4 is 11.8 Å². The number of aliphatic hydroxyl groups excluding tert-OH is 1. The average Bonchev–Trinajstić information content (AvgIpc) is 2.44. The fourth-order valence-electron chi connectivity index (χ4n) is 1.77. The van der Waals surface area contributed by atoms with Gasteiger partial charge in [-0.2, -0.15) is 0 Å². The van der Waals surface area contributed by atoms with Crippen molar-refractivity contribution in [2.45, 2.75) is 39.8 Å². The standard InChI is InChI=1S/C17H24N2O3/c1-12(2)10-16(21)19-11-14-4-6-15(7-5-14)17(22)18-9-8-13(3)20/h4-7,10,13,20H,8-9,11H2,1-3H3,(H,18,22)(H,19,21). The average molecular weight is 304 g/mol. The summed E-state index contributed by atoms with van der Waals surface area (Å²) in [7, 11) is 0. The van der Waals surface area contributed by atoms with Crippen LogP contribution in [0.2, 0.25) is 0 Å². The minimum Gasteiger partial charge on any atom is -0.393 e. The highest BCUT2D eigenvalue weighted by molar-refractivity contribution is 5.94. The topological polar surface area (TPSA) is 78.4 Å². The number of nitrogens with one attached hydrogen (secondary N) is 2. The maximum atomic E-state index is 11.9. The Bertz CT molecular complexity index is 529. The molecule has 1 unspecified atom stereocenters. The highest BCUT2D eigenvalue weighted by Gasteiger charge is 2.06. The van der Waals surface area contributed by atoms with Crippen LogP contribution in [0.15, 0.2) is 35.9 Å². The Morgan fingerprint density at radius 3 is 2.36 bits per heavy atom. The Morgan fingerprint density at radius 2 is 1.82 bits per heavy atom. The van der Waals surface area contributed by atoms with E-state index in [1.807, 2.05) is 26.0 Å². The summed E-state index contributed by atoms with van der Waals surface area (Å²) in [6, 6.07) is 7.07. The summed E-state index contributed by atoms with van der Waals surface area (Å²) in [4.78, 5) is 23.4. The van der Waals surface area contributed by atoms with Crippen molar-refractivity contribution in [1.82, 2.24) is 10.6 Å². The van der Waals surface area contributed by atoms with Crippen molar-refractivity contribution in [2.24, 2.45) is 0 Å². The van der Waals surface area contributed by atoms with Crippen molar-refractivity contribution in [1.29, 1.82) is 0 Å². The summed E-state index contributed by atoms with van der Waals surface area (Å²) < 4.78 is 0. The zero-order valence-corrected chi connectivity index (χ0v) is 13.3. The normalized spacial score (nSPS) is 11.5. The van der Waals surface area contributed by atoms with Gasteiger partial charge >= 0.3 is 0 Å². The van der Waals surface area contributed by atoms with E-state index in [2.05, 4.69) is 10.6 Å². The van der Waals surface area contributed by atoms with E-state index < -0.39 is 6.10 Å². The molecule has 1 aromatic rings. The van der Waals surface area contributed by atoms with Gasteiger partial charge in [-0.1, -0.05) is 17.7 Å². The number of benzene rings is 1. The molecule has 120 valence electrons. The lowest BCUT2D eigenvalue weighted by Crippen LogP contribution is -2.26. The molecule has 2 amide bonds. The smallest absolute Gasteiger partial charge is 0.251 e. The van der Waals surface area contributed by atoms with Crippen LogP contribution < -0.4 is 10.6 Å². The first-order valence-corrected chi connectivity index (χ1v) is 7.36. The van der Waals surface area contributed by atoms with Gasteiger partial charge in [0.1, 0.15) is 0 Å². The van der Waals surface area contributed by atoms with Gasteiger partial charge in [-0.05, 0) is 44.9 Å². The predicted octanol–water partition coefficient (Wildman–Crippen LogP) is 1.77. The quantitative estimate of drug-likeness (QED) is 0.672. The van der Waals surface area contributed by atoms with E-state index in [0.29, 0.717) is 25.1 Å². The molecule has 0 spiro atoms. The maximum Gasteiger partial charge on any atom is 0.251 e. The Hall–Kier alpha value is -2.14. The lowest BCUT2D eigenvalue weighted by molar-refractivity contribution is -0.116. The summed E-state index contributed by atoms with van der Waals surface area (Å²) >= 11 is 0. The number of rotatable bonds is 7. The van der Waals surface area contributed by atoms with Gasteiger partial charge < -0.3 is 15.7 Å². The van der Waals surface area contributed by atoms with Gasteiger partial charge in [0.2, 0.25) is 5.91 Å². The van der Waals surface area contributed by atoms with E-state index in [-0.39, 0.29) is 11.8 Å². The first-order chi connectivity index (χ1) is 10.4. The third-order valence-electron chi connectivity index (χ3n) is 2.95. The Balaban J connectivity index is 2.47. The lowest BCUT2D eigenvalue weighted by atomic mass is 10.1. The number of allylic oxidation sites excluding steroid dienone is 1. The number of amides is 2. The van der Waals surface area contributed by atoms with E-state index in [9.17, 15) is 9.59 Å². The fraction of sp³-hybridized carbons (Fsp3) is 0.412. The van der Waals surface area contributed by atoms with Crippen LogP contribution in [0.5, 0.6) is 0 Å². The van der Waals surface area contributed by atoms with Crippen LogP contribution in [-0.4, -0.2) is 29.6 Å². The van der Waals surface area contributed by atoms with Crippen molar-refractivity contribution in [3.63, 3.8) is 0 Å². The zero-order valence-electron chi connectivity index (χ0n) is 13.3. The van der Waals surface area contributed by atoms with Gasteiger partial charge in [0.15, 0.2) is 0 Å². The number of carbonyl (C=O) groups excluding carboxylic acids is 2. The van der Waals surface area contributed by atoms with Gasteiger partial charge in [0, 0.05) is 24.7 Å². The Labute approximate surface area is 131 Å². The zero-order chi connectivity index (χ0) is 16.5. The minimum absolute atomic E-state index is 0.125. The number of aliphatic hydroxyl groups is 1. The van der Waals surface area contributed by atoms with Crippen LogP contribution in [0.4, 0.5) is 0 Å². The van der Waals surface area contributed by atoms with Crippen LogP contribution in [0.1, 0.15) is 43.1 Å². The summed E-state index contributed by atoms with van der Waals surface area (Å²) in [5.41, 5.74) is 2.43. The molecule has 0 radical (unpaired) electrons. The van der Waals surface area contributed by atoms with Gasteiger partial charge in [-0.25, -0.2) is 0 Å². The second-order valence-corrected chi connectivity index (χ2v) is 5.53. The highest BCUT2D eigenvalue weighted by atomic mass is 16.3. The van der Waals surface area contributed by atoms with Crippen molar-refractivity contribution in [2.75, 3.05) is 6.54 Å². The molecule has 5 heteroatoms. The molecule has 0 aliphatic heterocycles. The van der Waals surface area contributed by atoms with E-state index in [1.54, 1.807) is 25.1 Å². The number of carbonyl (C=O) groups is 2. The second kappa shape index (κ2) is 9.00. The molecular weight excluding hydrogens is 280 g/mol. The SMILES string of the molecule is CC(C)=CC(=O)NCc1ccc(C(=O)NCCC(C)O)cc1. The van der Waals surface area contributed by atoms with Gasteiger partial charge in [0.25, 0.3) is 5.91 Å². The molecule has 0 aliphatic carbocycles. The third kappa shape index (κ3) is 7.04. The first-order valence-electron chi connectivity index (χ1n) is 7.36. The number of hydrogen-bond acceptors (Lipinski definition) is 3. The van der Waals surface area contributed by atoms with Crippen LogP contribution in [-0.2, 0) is 11.3 Å². The summed E-state index contributed by atoms with van der Waals surface area (Å²) in [6.45, 7) is 6.28. The van der Waals surface area contributed by atoms with E-state index >= 15 is 0 Å². The molecule has 0 aromatic heterocycles. The van der Waals surface area contributed by atoms with E-state index in [4.69, 9.17) is 5.11 Å². The molecule has 0 aliphatic rings. The molecule has 22 heavy (non-hydrogen) atoms. The van der Waals surface area contributed by atoms with Crippen molar-refractivity contribution in [3.8, 4) is 0 Å². The Kier molecular flexibility index (Phi) is 7.32. The van der Waals surface area contributed by atoms with Crippen molar-refractivity contribution in [3.05, 3.63) is 47.0 Å². The maximum absolute atomic E-state index is 11.9. The monoisotopic (exact) mass is 304 g/mol. The van der Waals surface area contributed by atoms with Crippen LogP contribution in [0.3, 0.4) is 0 Å². The summed E-state index contributed by atoms with van der Waals surface area (Å²) in [6.07, 6.45) is 1.65. The molecule has 3 N–H and O–H groups in total. The minimum atomic E-state index is -0.424. The molecule has 0 bridgehead atoms. The molecule has 1 atom stereocenters. The van der Waals surface area contributed by atoms with Crippen LogP contribution >= 0.6 is 0 Å². The largest absolute Gasteiger partial charge is 0.393 e. The molecule has 5 nitrogen and oxygen atoms in total. The van der Waals surface area contributed by atoms with Gasteiger partial charge in [0.05, 0.1) is 6.10 Å². The molecule has 1 aromatic carbocycles. The molecule has 1 rings (SSSR count). The summed E-state index contributed by atoms with van der Waals surface area (Å²) in [5.74, 6) is -0.291. The molecule has 0 saturated carbocycles.